The molecule has 0 fully saturated rings. The summed E-state index contributed by atoms with van der Waals surface area (Å²) in [6.07, 6.45) is 3.95. The van der Waals surface area contributed by atoms with E-state index in [-0.39, 0.29) is 16.6 Å². The zero-order valence-electron chi connectivity index (χ0n) is 17.8. The van der Waals surface area contributed by atoms with Crippen LogP contribution in [-0.2, 0) is 10.8 Å². The molecule has 4 heteroatoms. The molecule has 1 unspecified atom stereocenters. The molecule has 0 N–H and O–H groups in total. The van der Waals surface area contributed by atoms with Gasteiger partial charge in [0.25, 0.3) is 0 Å². The summed E-state index contributed by atoms with van der Waals surface area (Å²) in [5.41, 5.74) is 0.492. The Bertz CT molecular complexity index is 408. The van der Waals surface area contributed by atoms with Gasteiger partial charge in [0.15, 0.2) is 0 Å². The van der Waals surface area contributed by atoms with Gasteiger partial charge in [-0.05, 0) is 73.9 Å². The van der Waals surface area contributed by atoms with E-state index in [9.17, 15) is 4.21 Å². The van der Waals surface area contributed by atoms with Gasteiger partial charge >= 0.3 is 0 Å². The molecule has 3 nitrogen and oxygen atoms in total. The van der Waals surface area contributed by atoms with E-state index in [4.69, 9.17) is 0 Å². The molecule has 0 saturated carbocycles. The second kappa shape index (κ2) is 7.53. The Morgan fingerprint density at radius 1 is 0.739 bits per heavy atom. The van der Waals surface area contributed by atoms with E-state index in [1.165, 1.54) is 0 Å². The average Bonchev–Trinajstić information content (AvgIpc) is 2.22. The van der Waals surface area contributed by atoms with Crippen molar-refractivity contribution in [1.29, 1.82) is 0 Å². The summed E-state index contributed by atoms with van der Waals surface area (Å²) >= 11 is 0. The Balaban J connectivity index is 5.20. The largest absolute Gasteiger partial charge is 0.296 e. The third-order valence-corrected chi connectivity index (χ3v) is 5.80. The first-order valence-corrected chi connectivity index (χ1v) is 10.4. The summed E-state index contributed by atoms with van der Waals surface area (Å²) in [7, 11) is 3.53. The first-order chi connectivity index (χ1) is 9.91. The quantitative estimate of drug-likeness (QED) is 0.653. The van der Waals surface area contributed by atoms with Crippen molar-refractivity contribution in [3.05, 3.63) is 0 Å². The van der Waals surface area contributed by atoms with Gasteiger partial charge < -0.3 is 0 Å². The normalized spacial score (nSPS) is 16.3. The van der Waals surface area contributed by atoms with Crippen molar-refractivity contribution < 1.29 is 4.21 Å². The fourth-order valence-electron chi connectivity index (χ4n) is 4.00. The molecule has 0 aromatic heterocycles. The first kappa shape index (κ1) is 23.1. The summed E-state index contributed by atoms with van der Waals surface area (Å²) in [6.45, 7) is 20.8. The summed E-state index contributed by atoms with van der Waals surface area (Å²) in [4.78, 5) is 4.76. The fraction of sp³-hybridized carbons (Fsp3) is 1.00. The molecule has 0 bridgehead atoms. The topological polar surface area (TPSA) is 23.6 Å². The molecular weight excluding hydrogens is 304 g/mol. The van der Waals surface area contributed by atoms with Crippen LogP contribution in [0.5, 0.6) is 0 Å². The van der Waals surface area contributed by atoms with Crippen LogP contribution in [0.4, 0.5) is 0 Å². The third-order valence-electron chi connectivity index (χ3n) is 5.05. The molecule has 1 atom stereocenters. The van der Waals surface area contributed by atoms with Crippen molar-refractivity contribution in [1.82, 2.24) is 9.80 Å². The molecule has 0 heterocycles. The second-order valence-electron chi connectivity index (χ2n) is 10.3. The van der Waals surface area contributed by atoms with Crippen LogP contribution in [0, 0.1) is 5.41 Å². The number of nitrogens with zero attached hydrogens (tertiary/aromatic N) is 2. The molecule has 140 valence electrons. The molecule has 0 amide bonds. The van der Waals surface area contributed by atoms with Crippen molar-refractivity contribution in [3.8, 4) is 0 Å². The minimum absolute atomic E-state index is 0.00123. The Morgan fingerprint density at radius 3 is 1.48 bits per heavy atom. The van der Waals surface area contributed by atoms with Crippen LogP contribution in [0.2, 0.25) is 0 Å². The lowest BCUT2D eigenvalue weighted by molar-refractivity contribution is -0.0126. The van der Waals surface area contributed by atoms with Crippen LogP contribution in [0.3, 0.4) is 0 Å². The van der Waals surface area contributed by atoms with Crippen molar-refractivity contribution in [2.75, 3.05) is 26.2 Å². The maximum Gasteiger partial charge on any atom is 0.0746 e. The molecule has 0 aliphatic carbocycles. The van der Waals surface area contributed by atoms with Crippen LogP contribution in [0.15, 0.2) is 0 Å². The third kappa shape index (κ3) is 7.66. The molecule has 23 heavy (non-hydrogen) atoms. The standard InChI is InChI=1S/C19H42N2OS/c1-16(2,3)13-18(6,7)21(11)19(8,9)14-17(4,5)20(10)15-23(12)22/h13-15H2,1-12H3. The van der Waals surface area contributed by atoms with Crippen LogP contribution in [-0.4, -0.2) is 56.9 Å². The van der Waals surface area contributed by atoms with Gasteiger partial charge in [0.05, 0.1) is 5.88 Å². The molecule has 0 spiro atoms. The summed E-state index contributed by atoms with van der Waals surface area (Å²) < 4.78 is 11.6. The zero-order valence-corrected chi connectivity index (χ0v) is 18.6. The lowest BCUT2D eigenvalue weighted by atomic mass is 9.77. The van der Waals surface area contributed by atoms with Crippen LogP contribution in [0.1, 0.15) is 75.2 Å². The first-order valence-electron chi connectivity index (χ1n) is 8.66. The number of hydrogen-bond donors (Lipinski definition) is 0. The smallest absolute Gasteiger partial charge is 0.0746 e. The van der Waals surface area contributed by atoms with Crippen molar-refractivity contribution in [2.45, 2.75) is 91.8 Å². The van der Waals surface area contributed by atoms with E-state index >= 15 is 0 Å². The van der Waals surface area contributed by atoms with Gasteiger partial charge in [-0.3, -0.25) is 14.0 Å². The minimum atomic E-state index is -0.799. The van der Waals surface area contributed by atoms with E-state index in [2.05, 4.69) is 86.2 Å². The second-order valence-corrected chi connectivity index (χ2v) is 11.7. The Labute approximate surface area is 148 Å². The van der Waals surface area contributed by atoms with Crippen molar-refractivity contribution >= 4 is 10.8 Å². The van der Waals surface area contributed by atoms with Gasteiger partial charge in [-0.25, -0.2) is 0 Å². The van der Waals surface area contributed by atoms with Crippen LogP contribution < -0.4 is 0 Å². The SMILES string of the molecule is CN(CS(C)=O)C(C)(C)CC(C)(C)N(C)C(C)(C)CC(C)(C)C. The number of hydrogen-bond acceptors (Lipinski definition) is 3. The Morgan fingerprint density at radius 2 is 1.13 bits per heavy atom. The highest BCUT2D eigenvalue weighted by atomic mass is 32.2. The fourth-order valence-corrected chi connectivity index (χ4v) is 4.89. The highest BCUT2D eigenvalue weighted by Gasteiger charge is 2.41. The van der Waals surface area contributed by atoms with Gasteiger partial charge in [0.1, 0.15) is 0 Å². The summed E-state index contributed by atoms with van der Waals surface area (Å²) in [5.74, 6) is 0.623. The predicted octanol–water partition coefficient (Wildman–Crippen LogP) is 4.35. The van der Waals surface area contributed by atoms with Gasteiger partial charge in [-0.1, -0.05) is 20.8 Å². The Hall–Kier alpha value is 0.0700. The predicted molar refractivity (Wildman–Crippen MR) is 105 cm³/mol. The van der Waals surface area contributed by atoms with E-state index in [0.29, 0.717) is 11.3 Å². The highest BCUT2D eigenvalue weighted by molar-refractivity contribution is 7.84. The van der Waals surface area contributed by atoms with Gasteiger partial charge in [0, 0.05) is 33.7 Å². The zero-order chi connectivity index (χ0) is 18.9. The van der Waals surface area contributed by atoms with E-state index in [1.807, 2.05) is 0 Å². The van der Waals surface area contributed by atoms with Crippen molar-refractivity contribution in [2.24, 2.45) is 5.41 Å². The Kier molecular flexibility index (Phi) is 7.55. The molecule has 0 radical (unpaired) electrons. The molecular formula is C19H42N2OS. The van der Waals surface area contributed by atoms with Gasteiger partial charge in [-0.2, -0.15) is 0 Å². The van der Waals surface area contributed by atoms with E-state index < -0.39 is 10.8 Å². The minimum Gasteiger partial charge on any atom is -0.296 e. The molecule has 0 rings (SSSR count). The van der Waals surface area contributed by atoms with E-state index in [0.717, 1.165) is 12.8 Å². The highest BCUT2D eigenvalue weighted by Crippen LogP contribution is 2.37. The summed E-state index contributed by atoms with van der Waals surface area (Å²) in [6, 6.07) is 0. The number of rotatable bonds is 8. The van der Waals surface area contributed by atoms with Gasteiger partial charge in [-0.15, -0.1) is 0 Å². The van der Waals surface area contributed by atoms with E-state index in [1.54, 1.807) is 6.26 Å². The monoisotopic (exact) mass is 346 g/mol. The van der Waals surface area contributed by atoms with Crippen LogP contribution >= 0.6 is 0 Å². The average molecular weight is 347 g/mol. The lowest BCUT2D eigenvalue weighted by Gasteiger charge is -2.52. The molecule has 0 saturated heterocycles. The summed E-state index contributed by atoms with van der Waals surface area (Å²) in [5, 5.41) is 0. The van der Waals surface area contributed by atoms with Crippen molar-refractivity contribution in [3.63, 3.8) is 0 Å². The van der Waals surface area contributed by atoms with Crippen LogP contribution in [0.25, 0.3) is 0 Å². The molecule has 0 aromatic carbocycles. The molecule has 0 aromatic rings. The van der Waals surface area contributed by atoms with Gasteiger partial charge in [0.2, 0.25) is 0 Å². The lowest BCUT2D eigenvalue weighted by Crippen LogP contribution is -2.58. The molecule has 0 aliphatic heterocycles. The molecule has 0 aliphatic rings. The maximum atomic E-state index is 11.6. The maximum absolute atomic E-state index is 11.6.